The van der Waals surface area contributed by atoms with Gasteiger partial charge in [-0.25, -0.2) is 4.39 Å². The van der Waals surface area contributed by atoms with Gasteiger partial charge in [-0.2, -0.15) is 0 Å². The molecule has 100 valence electrons. The Bertz CT molecular complexity index is 592. The summed E-state index contributed by atoms with van der Waals surface area (Å²) < 4.78 is 14.7. The van der Waals surface area contributed by atoms with E-state index >= 15 is 0 Å². The van der Waals surface area contributed by atoms with Crippen LogP contribution in [0.5, 0.6) is 0 Å². The number of hydrogen-bond acceptors (Lipinski definition) is 2. The minimum absolute atomic E-state index is 0.171. The number of nitrogens with one attached hydrogen (secondary N) is 1. The average molecular weight is 340 g/mol. The Balaban J connectivity index is 1.91. The van der Waals surface area contributed by atoms with Gasteiger partial charge < -0.3 is 5.32 Å². The van der Waals surface area contributed by atoms with Crippen molar-refractivity contribution in [3.05, 3.63) is 45.5 Å². The molecule has 1 aliphatic rings. The largest absolute Gasteiger partial charge is 0.312 e. The molecule has 0 aliphatic heterocycles. The number of benzene rings is 1. The summed E-state index contributed by atoms with van der Waals surface area (Å²) in [6.07, 6.45) is 2.59. The normalized spacial score (nSPS) is 16.6. The van der Waals surface area contributed by atoms with E-state index in [1.54, 1.807) is 11.3 Å². The second kappa shape index (κ2) is 5.35. The lowest BCUT2D eigenvalue weighted by Crippen LogP contribution is -2.16. The lowest BCUT2D eigenvalue weighted by molar-refractivity contribution is 0.537. The maximum Gasteiger partial charge on any atom is 0.132 e. The number of rotatable bonds is 4. The summed E-state index contributed by atoms with van der Waals surface area (Å²) in [6.45, 7) is 0. The third-order valence-corrected chi connectivity index (χ3v) is 5.23. The molecule has 0 spiro atoms. The third-order valence-electron chi connectivity index (χ3n) is 3.53. The van der Waals surface area contributed by atoms with Crippen molar-refractivity contribution in [3.63, 3.8) is 0 Å². The Hall–Kier alpha value is -0.710. The highest BCUT2D eigenvalue weighted by Gasteiger charge is 2.32. The van der Waals surface area contributed by atoms with Crippen LogP contribution in [-0.2, 0) is 0 Å². The lowest BCUT2D eigenvalue weighted by atomic mass is 10.1. The summed E-state index contributed by atoms with van der Waals surface area (Å²) in [7, 11) is 2.00. The molecule has 1 saturated carbocycles. The van der Waals surface area contributed by atoms with Gasteiger partial charge in [0.05, 0.1) is 0 Å². The first kappa shape index (κ1) is 13.3. The summed E-state index contributed by atoms with van der Waals surface area (Å²) >= 11 is 4.98. The van der Waals surface area contributed by atoms with E-state index in [2.05, 4.69) is 27.3 Å². The van der Waals surface area contributed by atoms with Gasteiger partial charge in [0.2, 0.25) is 0 Å². The molecular formula is C15H15BrFNS. The van der Waals surface area contributed by atoms with E-state index in [9.17, 15) is 4.39 Å². The molecule has 3 rings (SSSR count). The maximum atomic E-state index is 14.0. The predicted molar refractivity (Wildman–Crippen MR) is 81.9 cm³/mol. The Morgan fingerprint density at radius 1 is 1.32 bits per heavy atom. The summed E-state index contributed by atoms with van der Waals surface area (Å²) in [4.78, 5) is 2.31. The highest BCUT2D eigenvalue weighted by Crippen LogP contribution is 2.44. The molecule has 19 heavy (non-hydrogen) atoms. The summed E-state index contributed by atoms with van der Waals surface area (Å²) in [5.74, 6) is 0.585. The second-order valence-electron chi connectivity index (χ2n) is 4.93. The van der Waals surface area contributed by atoms with E-state index in [4.69, 9.17) is 0 Å². The number of hydrogen-bond donors (Lipinski definition) is 1. The van der Waals surface area contributed by atoms with Crippen molar-refractivity contribution in [2.45, 2.75) is 18.9 Å². The zero-order valence-corrected chi connectivity index (χ0v) is 13.0. The Morgan fingerprint density at radius 3 is 2.74 bits per heavy atom. The first-order valence-corrected chi connectivity index (χ1v) is 8.02. The molecule has 1 heterocycles. The summed E-state index contributed by atoms with van der Waals surface area (Å²) in [6, 6.07) is 9.82. The molecule has 1 aliphatic carbocycles. The highest BCUT2D eigenvalue weighted by atomic mass is 79.9. The smallest absolute Gasteiger partial charge is 0.132 e. The fourth-order valence-corrected chi connectivity index (χ4v) is 3.97. The molecule has 0 bridgehead atoms. The standard InChI is InChI=1S/C15H15BrFNS/c1-18-15(9-2-3-9)14-7-6-13(19-14)11-5-4-10(16)8-12(11)17/h4-9,15,18H,2-3H2,1H3. The van der Waals surface area contributed by atoms with Gasteiger partial charge in [-0.15, -0.1) is 11.3 Å². The quantitative estimate of drug-likeness (QED) is 0.827. The second-order valence-corrected chi connectivity index (χ2v) is 6.96. The van der Waals surface area contributed by atoms with E-state index in [1.807, 2.05) is 25.2 Å². The first-order valence-electron chi connectivity index (χ1n) is 6.41. The van der Waals surface area contributed by atoms with Crippen LogP contribution in [-0.4, -0.2) is 7.05 Å². The van der Waals surface area contributed by atoms with Crippen molar-refractivity contribution >= 4 is 27.3 Å². The summed E-state index contributed by atoms with van der Waals surface area (Å²) in [5, 5.41) is 3.38. The fraction of sp³-hybridized carbons (Fsp3) is 0.333. The zero-order valence-electron chi connectivity index (χ0n) is 10.6. The molecule has 2 aromatic rings. The monoisotopic (exact) mass is 339 g/mol. The minimum Gasteiger partial charge on any atom is -0.312 e. The summed E-state index contributed by atoms with van der Waals surface area (Å²) in [5.41, 5.74) is 0.685. The molecule has 1 N–H and O–H groups in total. The molecule has 0 amide bonds. The van der Waals surface area contributed by atoms with Crippen LogP contribution in [0.2, 0.25) is 0 Å². The van der Waals surface area contributed by atoms with Crippen molar-refractivity contribution in [3.8, 4) is 10.4 Å². The molecular weight excluding hydrogens is 325 g/mol. The van der Waals surface area contributed by atoms with Crippen molar-refractivity contribution in [1.29, 1.82) is 0 Å². The molecule has 1 aromatic heterocycles. The molecule has 1 atom stereocenters. The van der Waals surface area contributed by atoms with Gasteiger partial charge in [0.25, 0.3) is 0 Å². The van der Waals surface area contributed by atoms with Gasteiger partial charge in [-0.1, -0.05) is 15.9 Å². The highest BCUT2D eigenvalue weighted by molar-refractivity contribution is 9.10. The Morgan fingerprint density at radius 2 is 2.11 bits per heavy atom. The average Bonchev–Trinajstić information content (AvgIpc) is 3.09. The topological polar surface area (TPSA) is 12.0 Å². The van der Waals surface area contributed by atoms with Gasteiger partial charge >= 0.3 is 0 Å². The Kier molecular flexibility index (Phi) is 3.74. The van der Waals surface area contributed by atoms with Gasteiger partial charge in [-0.3, -0.25) is 0 Å². The fourth-order valence-electron chi connectivity index (χ4n) is 2.39. The molecule has 1 aromatic carbocycles. The SMILES string of the molecule is CNC(c1ccc(-c2ccc(Br)cc2F)s1)C1CC1. The van der Waals surface area contributed by atoms with E-state index in [1.165, 1.54) is 23.8 Å². The van der Waals surface area contributed by atoms with E-state index in [0.717, 1.165) is 15.3 Å². The van der Waals surface area contributed by atoms with Gasteiger partial charge in [0, 0.05) is 25.8 Å². The van der Waals surface area contributed by atoms with E-state index < -0.39 is 0 Å². The number of halogens is 2. The van der Waals surface area contributed by atoms with Crippen LogP contribution in [0.3, 0.4) is 0 Å². The molecule has 1 unspecified atom stereocenters. The lowest BCUT2D eigenvalue weighted by Gasteiger charge is -2.12. The molecule has 1 fully saturated rings. The molecule has 1 nitrogen and oxygen atoms in total. The van der Waals surface area contributed by atoms with Crippen LogP contribution in [0.25, 0.3) is 10.4 Å². The minimum atomic E-state index is -0.171. The van der Waals surface area contributed by atoms with Crippen LogP contribution in [0.15, 0.2) is 34.8 Å². The van der Waals surface area contributed by atoms with E-state index in [0.29, 0.717) is 11.6 Å². The number of thiophene rings is 1. The van der Waals surface area contributed by atoms with Crippen LogP contribution < -0.4 is 5.32 Å². The predicted octanol–water partition coefficient (Wildman–Crippen LogP) is 4.99. The molecule has 0 saturated heterocycles. The van der Waals surface area contributed by atoms with Gasteiger partial charge in [0.1, 0.15) is 5.82 Å². The van der Waals surface area contributed by atoms with Crippen molar-refractivity contribution in [2.75, 3.05) is 7.05 Å². The molecule has 0 radical (unpaired) electrons. The first-order chi connectivity index (χ1) is 9.19. The van der Waals surface area contributed by atoms with Gasteiger partial charge in [0.15, 0.2) is 0 Å². The molecule has 4 heteroatoms. The van der Waals surface area contributed by atoms with E-state index in [-0.39, 0.29) is 5.82 Å². The third kappa shape index (κ3) is 2.76. The van der Waals surface area contributed by atoms with Crippen LogP contribution in [0.4, 0.5) is 4.39 Å². The van der Waals surface area contributed by atoms with Gasteiger partial charge in [-0.05, 0) is 56.1 Å². The zero-order chi connectivity index (χ0) is 13.4. The van der Waals surface area contributed by atoms with Crippen LogP contribution >= 0.6 is 27.3 Å². The maximum absolute atomic E-state index is 14.0. The Labute approximate surface area is 125 Å². The van der Waals surface area contributed by atoms with Crippen molar-refractivity contribution in [1.82, 2.24) is 5.32 Å². The van der Waals surface area contributed by atoms with Crippen LogP contribution in [0, 0.1) is 11.7 Å². The van der Waals surface area contributed by atoms with Crippen LogP contribution in [0.1, 0.15) is 23.8 Å². The van der Waals surface area contributed by atoms with Crippen molar-refractivity contribution < 1.29 is 4.39 Å². The van der Waals surface area contributed by atoms with Crippen molar-refractivity contribution in [2.24, 2.45) is 5.92 Å².